The molecule has 1 unspecified atom stereocenters. The van der Waals surface area contributed by atoms with Crippen LogP contribution in [0.3, 0.4) is 0 Å². The molecule has 0 fully saturated rings. The van der Waals surface area contributed by atoms with Crippen LogP contribution in [0.1, 0.15) is 31.4 Å². The summed E-state index contributed by atoms with van der Waals surface area (Å²) in [7, 11) is 0. The lowest BCUT2D eigenvalue weighted by Gasteiger charge is -2.15. The molecule has 0 saturated carbocycles. The van der Waals surface area contributed by atoms with Crippen LogP contribution in [0, 0.1) is 17.2 Å². The number of carbonyl (C=O) groups excluding carboxylic acids is 1. The first-order valence-electron chi connectivity index (χ1n) is 8.35. The molecular weight excluding hydrogens is 330 g/mol. The Morgan fingerprint density at radius 2 is 1.50 bits per heavy atom. The van der Waals surface area contributed by atoms with Gasteiger partial charge in [-0.25, -0.2) is 0 Å². The van der Waals surface area contributed by atoms with E-state index >= 15 is 0 Å². The molecule has 0 aliphatic heterocycles. The van der Waals surface area contributed by atoms with E-state index in [4.69, 9.17) is 4.74 Å². The number of esters is 1. The number of phenolic OH excluding ortho intramolecular Hbond substituents is 2. The van der Waals surface area contributed by atoms with Gasteiger partial charge in [-0.3, -0.25) is 4.79 Å². The molecule has 0 aromatic heterocycles. The zero-order valence-electron chi connectivity index (χ0n) is 14.8. The third-order valence-corrected chi connectivity index (χ3v) is 3.95. The minimum absolute atomic E-state index is 0.122. The number of rotatable bonds is 6. The highest BCUT2D eigenvalue weighted by molar-refractivity contribution is 5.85. The van der Waals surface area contributed by atoms with Gasteiger partial charge in [-0.2, -0.15) is 5.26 Å². The number of nitrogens with zero attached hydrogens (tertiary/aromatic N) is 1. The van der Waals surface area contributed by atoms with Crippen LogP contribution < -0.4 is 0 Å². The molecule has 2 N–H and O–H groups in total. The second-order valence-corrected chi connectivity index (χ2v) is 5.92. The molecule has 26 heavy (non-hydrogen) atoms. The zero-order chi connectivity index (χ0) is 19.1. The molecule has 134 valence electrons. The topological polar surface area (TPSA) is 90.6 Å². The van der Waals surface area contributed by atoms with E-state index in [-0.39, 0.29) is 30.5 Å². The van der Waals surface area contributed by atoms with Crippen LogP contribution in [0.4, 0.5) is 0 Å². The quantitative estimate of drug-likeness (QED) is 0.606. The van der Waals surface area contributed by atoms with E-state index in [1.807, 2.05) is 0 Å². The Morgan fingerprint density at radius 3 is 1.88 bits per heavy atom. The number of allylic oxidation sites excluding steroid dienone is 1. The summed E-state index contributed by atoms with van der Waals surface area (Å²) >= 11 is 0. The Morgan fingerprint density at radius 1 is 1.04 bits per heavy atom. The highest BCUT2D eigenvalue weighted by Gasteiger charge is 2.20. The zero-order valence-corrected chi connectivity index (χ0v) is 14.8. The normalized spacial score (nSPS) is 11.3. The van der Waals surface area contributed by atoms with Crippen molar-refractivity contribution >= 4 is 11.5 Å². The molecule has 2 aromatic rings. The molecule has 0 bridgehead atoms. The lowest BCUT2D eigenvalue weighted by atomic mass is 9.89. The van der Waals surface area contributed by atoms with Crippen LogP contribution >= 0.6 is 0 Å². The van der Waals surface area contributed by atoms with Crippen LogP contribution in [0.5, 0.6) is 11.5 Å². The van der Waals surface area contributed by atoms with Gasteiger partial charge in [0.15, 0.2) is 0 Å². The summed E-state index contributed by atoms with van der Waals surface area (Å²) in [5.41, 5.74) is 2.56. The van der Waals surface area contributed by atoms with Crippen LogP contribution in [0.15, 0.2) is 54.1 Å². The molecule has 0 radical (unpaired) electrons. The van der Waals surface area contributed by atoms with Crippen molar-refractivity contribution in [3.05, 3.63) is 65.2 Å². The molecule has 2 rings (SSSR count). The Labute approximate surface area is 152 Å². The minimum Gasteiger partial charge on any atom is -0.508 e. The third-order valence-electron chi connectivity index (χ3n) is 3.95. The SMILES string of the molecule is CCOC(=O)C(C)CC(C#N)=C(c1ccc(O)cc1)c1ccc(O)cc1. The number of benzene rings is 2. The van der Waals surface area contributed by atoms with Crippen LogP contribution in [0.2, 0.25) is 0 Å². The fraction of sp³-hybridized carbons (Fsp3) is 0.238. The smallest absolute Gasteiger partial charge is 0.308 e. The first kappa shape index (κ1) is 19.1. The molecule has 0 aliphatic rings. The van der Waals surface area contributed by atoms with Crippen molar-refractivity contribution in [1.29, 1.82) is 5.26 Å². The Balaban J connectivity index is 2.53. The maximum Gasteiger partial charge on any atom is 0.308 e. The van der Waals surface area contributed by atoms with Crippen molar-refractivity contribution in [2.45, 2.75) is 20.3 Å². The molecule has 0 saturated heterocycles. The fourth-order valence-electron chi connectivity index (χ4n) is 2.65. The van der Waals surface area contributed by atoms with Gasteiger partial charge in [-0.15, -0.1) is 0 Å². The highest BCUT2D eigenvalue weighted by atomic mass is 16.5. The summed E-state index contributed by atoms with van der Waals surface area (Å²) in [6.45, 7) is 3.75. The molecule has 0 spiro atoms. The molecule has 5 heteroatoms. The summed E-state index contributed by atoms with van der Waals surface area (Å²) < 4.78 is 5.03. The molecule has 0 aliphatic carbocycles. The highest BCUT2D eigenvalue weighted by Crippen LogP contribution is 2.32. The van der Waals surface area contributed by atoms with Gasteiger partial charge in [-0.1, -0.05) is 31.2 Å². The summed E-state index contributed by atoms with van der Waals surface area (Å²) in [6, 6.07) is 15.2. The predicted octanol–water partition coefficient (Wildman–Crippen LogP) is 4.01. The predicted molar refractivity (Wildman–Crippen MR) is 98.3 cm³/mol. The van der Waals surface area contributed by atoms with Gasteiger partial charge in [0, 0.05) is 11.1 Å². The summed E-state index contributed by atoms with van der Waals surface area (Å²) in [5, 5.41) is 28.8. The van der Waals surface area contributed by atoms with E-state index in [2.05, 4.69) is 6.07 Å². The summed E-state index contributed by atoms with van der Waals surface area (Å²) in [6.07, 6.45) is 0.229. The van der Waals surface area contributed by atoms with E-state index in [9.17, 15) is 20.3 Å². The first-order valence-corrected chi connectivity index (χ1v) is 8.35. The fourth-order valence-corrected chi connectivity index (χ4v) is 2.65. The van der Waals surface area contributed by atoms with Crippen molar-refractivity contribution in [3.63, 3.8) is 0 Å². The molecule has 5 nitrogen and oxygen atoms in total. The lowest BCUT2D eigenvalue weighted by Crippen LogP contribution is -2.15. The number of ether oxygens (including phenoxy) is 1. The number of phenols is 2. The van der Waals surface area contributed by atoms with Crippen LogP contribution in [0.25, 0.3) is 5.57 Å². The van der Waals surface area contributed by atoms with Gasteiger partial charge in [0.1, 0.15) is 11.5 Å². The number of hydrogen-bond acceptors (Lipinski definition) is 5. The van der Waals surface area contributed by atoms with Crippen LogP contribution in [-0.4, -0.2) is 22.8 Å². The van der Waals surface area contributed by atoms with E-state index in [1.54, 1.807) is 62.4 Å². The van der Waals surface area contributed by atoms with Crippen molar-refractivity contribution in [2.24, 2.45) is 5.92 Å². The number of aromatic hydroxyl groups is 2. The third kappa shape index (κ3) is 4.64. The average Bonchev–Trinajstić information content (AvgIpc) is 2.64. The second kappa shape index (κ2) is 8.72. The Hall–Kier alpha value is -3.26. The van der Waals surface area contributed by atoms with Crippen LogP contribution in [-0.2, 0) is 9.53 Å². The van der Waals surface area contributed by atoms with Gasteiger partial charge in [-0.05, 0) is 48.7 Å². The lowest BCUT2D eigenvalue weighted by molar-refractivity contribution is -0.147. The number of carbonyl (C=O) groups is 1. The van der Waals surface area contributed by atoms with Gasteiger partial charge in [0.05, 0.1) is 18.6 Å². The van der Waals surface area contributed by atoms with Gasteiger partial charge in [0.2, 0.25) is 0 Å². The van der Waals surface area contributed by atoms with E-state index in [1.165, 1.54) is 0 Å². The standard InChI is InChI=1S/C21H21NO4/c1-3-26-21(25)14(2)12-17(13-22)20(15-4-8-18(23)9-5-15)16-6-10-19(24)11-7-16/h4-11,14,23-24H,3,12H2,1-2H3. The molecular formula is C21H21NO4. The van der Waals surface area contributed by atoms with E-state index in [0.717, 1.165) is 11.1 Å². The maximum absolute atomic E-state index is 12.0. The molecule has 0 heterocycles. The molecule has 0 amide bonds. The first-order chi connectivity index (χ1) is 12.5. The van der Waals surface area contributed by atoms with Crippen molar-refractivity contribution in [3.8, 4) is 17.6 Å². The minimum atomic E-state index is -0.464. The van der Waals surface area contributed by atoms with Crippen molar-refractivity contribution in [1.82, 2.24) is 0 Å². The number of nitriles is 1. The number of hydrogen-bond donors (Lipinski definition) is 2. The van der Waals surface area contributed by atoms with Gasteiger partial charge in [0.25, 0.3) is 0 Å². The van der Waals surface area contributed by atoms with Gasteiger partial charge >= 0.3 is 5.97 Å². The largest absolute Gasteiger partial charge is 0.508 e. The summed E-state index contributed by atoms with van der Waals surface area (Å²) in [4.78, 5) is 12.0. The second-order valence-electron chi connectivity index (χ2n) is 5.92. The van der Waals surface area contributed by atoms with Crippen molar-refractivity contribution in [2.75, 3.05) is 6.61 Å². The van der Waals surface area contributed by atoms with E-state index < -0.39 is 5.92 Å². The monoisotopic (exact) mass is 351 g/mol. The maximum atomic E-state index is 12.0. The van der Waals surface area contributed by atoms with Gasteiger partial charge < -0.3 is 14.9 Å². The molecule has 2 aromatic carbocycles. The molecule has 1 atom stereocenters. The Bertz CT molecular complexity index is 782. The Kier molecular flexibility index (Phi) is 6.40. The summed E-state index contributed by atoms with van der Waals surface area (Å²) in [5.74, 6) is -0.570. The van der Waals surface area contributed by atoms with Crippen molar-refractivity contribution < 1.29 is 19.7 Å². The van der Waals surface area contributed by atoms with E-state index in [0.29, 0.717) is 11.1 Å². The average molecular weight is 351 g/mol.